The molecule has 116 valence electrons. The van der Waals surface area contributed by atoms with Gasteiger partial charge in [-0.15, -0.1) is 0 Å². The number of rotatable bonds is 3. The molecule has 0 saturated carbocycles. The molecule has 0 aliphatic carbocycles. The van der Waals surface area contributed by atoms with E-state index in [1.807, 2.05) is 30.3 Å². The van der Waals surface area contributed by atoms with Crippen molar-refractivity contribution in [2.75, 3.05) is 13.2 Å². The van der Waals surface area contributed by atoms with Crippen LogP contribution in [0.2, 0.25) is 10.0 Å². The maximum absolute atomic E-state index is 11.0. The summed E-state index contributed by atoms with van der Waals surface area (Å²) in [5, 5.41) is 12.0. The standard InChI is InChI=1S/C17H17Cl2NO2/c18-13-5-4-12(11-14(13)19)17(6-9-22-10-7-17)16(21)15-3-1-2-8-20-15/h1-5,8,11,16,21H,6-7,9-10H2. The highest BCUT2D eigenvalue weighted by Gasteiger charge is 2.42. The second-order valence-corrected chi connectivity index (χ2v) is 6.37. The van der Waals surface area contributed by atoms with E-state index >= 15 is 0 Å². The number of benzene rings is 1. The lowest BCUT2D eigenvalue weighted by molar-refractivity contribution is -0.0187. The number of ether oxygens (including phenoxy) is 1. The summed E-state index contributed by atoms with van der Waals surface area (Å²) in [6, 6.07) is 11.1. The predicted octanol–water partition coefficient (Wildman–Crippen LogP) is 4.17. The lowest BCUT2D eigenvalue weighted by Gasteiger charge is -2.41. The average Bonchev–Trinajstić information content (AvgIpc) is 2.58. The van der Waals surface area contributed by atoms with E-state index in [0.717, 1.165) is 5.56 Å². The number of hydrogen-bond donors (Lipinski definition) is 1. The molecule has 0 amide bonds. The van der Waals surface area contributed by atoms with Crippen LogP contribution in [0.15, 0.2) is 42.6 Å². The normalized spacial score (nSPS) is 18.9. The fourth-order valence-electron chi connectivity index (χ4n) is 3.08. The Morgan fingerprint density at radius 2 is 1.86 bits per heavy atom. The minimum Gasteiger partial charge on any atom is -0.386 e. The van der Waals surface area contributed by atoms with Gasteiger partial charge in [0, 0.05) is 24.8 Å². The lowest BCUT2D eigenvalue weighted by atomic mass is 9.69. The monoisotopic (exact) mass is 337 g/mol. The van der Waals surface area contributed by atoms with Crippen LogP contribution in [0.5, 0.6) is 0 Å². The summed E-state index contributed by atoms with van der Waals surface area (Å²) in [6.07, 6.45) is 2.40. The van der Waals surface area contributed by atoms with Gasteiger partial charge in [0.05, 0.1) is 15.7 Å². The van der Waals surface area contributed by atoms with Crippen LogP contribution >= 0.6 is 23.2 Å². The summed E-state index contributed by atoms with van der Waals surface area (Å²) >= 11 is 12.2. The Bertz CT molecular complexity index is 642. The number of hydrogen-bond acceptors (Lipinski definition) is 3. The van der Waals surface area contributed by atoms with Gasteiger partial charge in [-0.25, -0.2) is 0 Å². The largest absolute Gasteiger partial charge is 0.386 e. The highest BCUT2D eigenvalue weighted by molar-refractivity contribution is 6.42. The molecule has 22 heavy (non-hydrogen) atoms. The first kappa shape index (κ1) is 15.8. The molecule has 1 saturated heterocycles. The minimum absolute atomic E-state index is 0.458. The molecule has 0 radical (unpaired) electrons. The van der Waals surface area contributed by atoms with Crippen molar-refractivity contribution in [2.45, 2.75) is 24.4 Å². The van der Waals surface area contributed by atoms with Crippen LogP contribution in [0.1, 0.15) is 30.2 Å². The van der Waals surface area contributed by atoms with Gasteiger partial charge in [-0.05, 0) is 42.7 Å². The van der Waals surface area contributed by atoms with Crippen LogP contribution in [0.3, 0.4) is 0 Å². The third-order valence-corrected chi connectivity index (χ3v) is 5.11. The fraction of sp³-hybridized carbons (Fsp3) is 0.353. The highest BCUT2D eigenvalue weighted by atomic mass is 35.5. The van der Waals surface area contributed by atoms with Crippen LogP contribution in [-0.2, 0) is 10.2 Å². The smallest absolute Gasteiger partial charge is 0.106 e. The summed E-state index contributed by atoms with van der Waals surface area (Å²) in [6.45, 7) is 1.20. The highest BCUT2D eigenvalue weighted by Crippen LogP contribution is 2.45. The average molecular weight is 338 g/mol. The van der Waals surface area contributed by atoms with E-state index in [-0.39, 0.29) is 0 Å². The summed E-state index contributed by atoms with van der Waals surface area (Å²) in [4.78, 5) is 4.31. The second kappa shape index (κ2) is 6.55. The Labute approximate surface area is 139 Å². The summed E-state index contributed by atoms with van der Waals surface area (Å²) in [7, 11) is 0. The Balaban J connectivity index is 2.06. The SMILES string of the molecule is OC(c1ccccn1)C1(c2ccc(Cl)c(Cl)c2)CCOCC1. The molecule has 0 bridgehead atoms. The molecule has 3 rings (SSSR count). The zero-order valence-corrected chi connectivity index (χ0v) is 13.5. The molecule has 1 aliphatic heterocycles. The van der Waals surface area contributed by atoms with Gasteiger partial charge < -0.3 is 9.84 Å². The zero-order chi connectivity index (χ0) is 15.6. The van der Waals surface area contributed by atoms with Crippen LogP contribution in [0, 0.1) is 0 Å². The molecule has 1 N–H and O–H groups in total. The van der Waals surface area contributed by atoms with E-state index in [0.29, 0.717) is 41.8 Å². The molecule has 3 nitrogen and oxygen atoms in total. The lowest BCUT2D eigenvalue weighted by Crippen LogP contribution is -2.40. The quantitative estimate of drug-likeness (QED) is 0.913. The Hall–Kier alpha value is -1.13. The molecule has 1 aromatic heterocycles. The third kappa shape index (κ3) is 2.86. The minimum atomic E-state index is -0.713. The van der Waals surface area contributed by atoms with Gasteiger partial charge in [-0.2, -0.15) is 0 Å². The summed E-state index contributed by atoms with van der Waals surface area (Å²) < 4.78 is 5.50. The van der Waals surface area contributed by atoms with Crippen molar-refractivity contribution in [3.05, 3.63) is 63.9 Å². The van der Waals surface area contributed by atoms with Crippen molar-refractivity contribution in [2.24, 2.45) is 0 Å². The van der Waals surface area contributed by atoms with E-state index in [1.54, 1.807) is 12.3 Å². The molecule has 1 aromatic carbocycles. The van der Waals surface area contributed by atoms with Crippen molar-refractivity contribution >= 4 is 23.2 Å². The van der Waals surface area contributed by atoms with Gasteiger partial charge in [0.25, 0.3) is 0 Å². The molecule has 1 aliphatic rings. The van der Waals surface area contributed by atoms with Crippen molar-refractivity contribution in [1.82, 2.24) is 4.98 Å². The van der Waals surface area contributed by atoms with Gasteiger partial charge >= 0.3 is 0 Å². The van der Waals surface area contributed by atoms with Crippen molar-refractivity contribution in [3.63, 3.8) is 0 Å². The predicted molar refractivity (Wildman–Crippen MR) is 87.4 cm³/mol. The van der Waals surface area contributed by atoms with Gasteiger partial charge in [-0.1, -0.05) is 35.3 Å². The van der Waals surface area contributed by atoms with Gasteiger partial charge in [0.1, 0.15) is 6.10 Å². The van der Waals surface area contributed by atoms with Crippen LogP contribution in [0.25, 0.3) is 0 Å². The zero-order valence-electron chi connectivity index (χ0n) is 12.0. The number of halogens is 2. The van der Waals surface area contributed by atoms with Crippen molar-refractivity contribution < 1.29 is 9.84 Å². The maximum Gasteiger partial charge on any atom is 0.106 e. The Morgan fingerprint density at radius 1 is 1.09 bits per heavy atom. The first-order valence-electron chi connectivity index (χ1n) is 7.26. The first-order valence-corrected chi connectivity index (χ1v) is 8.01. The third-order valence-electron chi connectivity index (χ3n) is 4.37. The molecule has 2 heterocycles. The van der Waals surface area contributed by atoms with Crippen LogP contribution in [-0.4, -0.2) is 23.3 Å². The van der Waals surface area contributed by atoms with Gasteiger partial charge in [0.2, 0.25) is 0 Å². The maximum atomic E-state index is 11.0. The number of nitrogens with zero attached hydrogens (tertiary/aromatic N) is 1. The van der Waals surface area contributed by atoms with E-state index in [1.165, 1.54) is 0 Å². The molecule has 1 unspecified atom stereocenters. The number of aromatic nitrogens is 1. The number of pyridine rings is 1. The Kier molecular flexibility index (Phi) is 4.69. The molecule has 1 atom stereocenters. The van der Waals surface area contributed by atoms with Crippen molar-refractivity contribution in [3.8, 4) is 0 Å². The fourth-order valence-corrected chi connectivity index (χ4v) is 3.38. The molecule has 0 spiro atoms. The second-order valence-electron chi connectivity index (χ2n) is 5.55. The van der Waals surface area contributed by atoms with E-state index < -0.39 is 11.5 Å². The molecule has 5 heteroatoms. The molecular weight excluding hydrogens is 321 g/mol. The van der Waals surface area contributed by atoms with Gasteiger partial charge in [-0.3, -0.25) is 4.98 Å². The first-order chi connectivity index (χ1) is 10.6. The molecule has 2 aromatic rings. The van der Waals surface area contributed by atoms with Crippen LogP contribution in [0.4, 0.5) is 0 Å². The molecular formula is C17H17Cl2NO2. The number of aliphatic hydroxyl groups is 1. The van der Waals surface area contributed by atoms with E-state index in [4.69, 9.17) is 27.9 Å². The number of aliphatic hydroxyl groups excluding tert-OH is 1. The summed E-state index contributed by atoms with van der Waals surface area (Å²) in [5.74, 6) is 0. The van der Waals surface area contributed by atoms with E-state index in [9.17, 15) is 5.11 Å². The summed E-state index contributed by atoms with van der Waals surface area (Å²) in [5.41, 5.74) is 1.18. The van der Waals surface area contributed by atoms with Crippen molar-refractivity contribution in [1.29, 1.82) is 0 Å². The van der Waals surface area contributed by atoms with Gasteiger partial charge in [0.15, 0.2) is 0 Å². The van der Waals surface area contributed by atoms with Crippen LogP contribution < -0.4 is 0 Å². The molecule has 1 fully saturated rings. The Morgan fingerprint density at radius 3 is 2.50 bits per heavy atom. The van der Waals surface area contributed by atoms with E-state index in [2.05, 4.69) is 4.98 Å². The topological polar surface area (TPSA) is 42.4 Å².